The van der Waals surface area contributed by atoms with Crippen molar-refractivity contribution in [1.82, 2.24) is 10.2 Å². The van der Waals surface area contributed by atoms with E-state index >= 15 is 0 Å². The molecule has 3 nitrogen and oxygen atoms in total. The Bertz CT molecular complexity index is 491. The number of benzene rings is 1. The lowest BCUT2D eigenvalue weighted by molar-refractivity contribution is -0.123. The van der Waals surface area contributed by atoms with Gasteiger partial charge in [-0.2, -0.15) is 0 Å². The number of likely N-dealkylation sites (tertiary alicyclic amines) is 1. The van der Waals surface area contributed by atoms with E-state index in [1.54, 1.807) is 0 Å². The lowest BCUT2D eigenvalue weighted by Crippen LogP contribution is -2.45. The molecule has 112 valence electrons. The number of hydrogen-bond acceptors (Lipinski definition) is 2. The van der Waals surface area contributed by atoms with Gasteiger partial charge in [0.05, 0.1) is 0 Å². The van der Waals surface area contributed by atoms with Crippen molar-refractivity contribution >= 4 is 5.91 Å². The quantitative estimate of drug-likeness (QED) is 0.843. The molecule has 0 unspecified atom stereocenters. The van der Waals surface area contributed by atoms with E-state index in [2.05, 4.69) is 41.1 Å². The Balaban J connectivity index is 1.45. The summed E-state index contributed by atoms with van der Waals surface area (Å²) in [5, 5.41) is 3.25. The Labute approximate surface area is 127 Å². The summed E-state index contributed by atoms with van der Waals surface area (Å²) >= 11 is 0. The number of nitrogens with zero attached hydrogens (tertiary/aromatic N) is 1. The van der Waals surface area contributed by atoms with E-state index in [-0.39, 0.29) is 11.8 Å². The van der Waals surface area contributed by atoms with Gasteiger partial charge in [0.25, 0.3) is 0 Å². The van der Waals surface area contributed by atoms with Crippen molar-refractivity contribution in [3.05, 3.63) is 48.6 Å². The summed E-state index contributed by atoms with van der Waals surface area (Å²) in [5.74, 6) is 0.886. The molecule has 1 aromatic rings. The third kappa shape index (κ3) is 3.53. The van der Waals surface area contributed by atoms with Gasteiger partial charge in [0, 0.05) is 31.6 Å². The fourth-order valence-corrected chi connectivity index (χ4v) is 3.30. The Morgan fingerprint density at radius 2 is 2.00 bits per heavy atom. The molecular formula is C18H24N2O. The molecule has 2 fully saturated rings. The van der Waals surface area contributed by atoms with Gasteiger partial charge in [-0.25, -0.2) is 0 Å². The third-order valence-electron chi connectivity index (χ3n) is 4.68. The standard InChI is InChI=1S/C18H24N2O/c1-2-10-20-11-8-15(9-12-20)19-18(21)17-13-16(17)14-6-4-3-5-7-14/h2-7,15-17H,1,8-13H2,(H,19,21)/t16-,17-/m0/s1. The zero-order valence-electron chi connectivity index (χ0n) is 12.5. The highest BCUT2D eigenvalue weighted by molar-refractivity contribution is 5.83. The van der Waals surface area contributed by atoms with Crippen LogP contribution in [-0.2, 0) is 4.79 Å². The summed E-state index contributed by atoms with van der Waals surface area (Å²) in [6.45, 7) is 6.86. The normalized spacial score (nSPS) is 26.3. The van der Waals surface area contributed by atoms with Crippen LogP contribution in [0.15, 0.2) is 43.0 Å². The largest absolute Gasteiger partial charge is 0.353 e. The molecule has 1 saturated carbocycles. The van der Waals surface area contributed by atoms with Crippen molar-refractivity contribution < 1.29 is 4.79 Å². The molecule has 21 heavy (non-hydrogen) atoms. The van der Waals surface area contributed by atoms with Crippen LogP contribution in [0.4, 0.5) is 0 Å². The van der Waals surface area contributed by atoms with Crippen LogP contribution in [-0.4, -0.2) is 36.5 Å². The maximum absolute atomic E-state index is 12.3. The maximum atomic E-state index is 12.3. The smallest absolute Gasteiger partial charge is 0.223 e. The first-order valence-electron chi connectivity index (χ1n) is 7.96. The van der Waals surface area contributed by atoms with Crippen LogP contribution in [0.1, 0.15) is 30.7 Å². The van der Waals surface area contributed by atoms with Crippen LogP contribution in [0.25, 0.3) is 0 Å². The van der Waals surface area contributed by atoms with Crippen molar-refractivity contribution in [1.29, 1.82) is 0 Å². The van der Waals surface area contributed by atoms with Crippen molar-refractivity contribution in [3.8, 4) is 0 Å². The van der Waals surface area contributed by atoms with Crippen LogP contribution >= 0.6 is 0 Å². The lowest BCUT2D eigenvalue weighted by Gasteiger charge is -2.31. The lowest BCUT2D eigenvalue weighted by atomic mass is 10.0. The van der Waals surface area contributed by atoms with Crippen molar-refractivity contribution in [2.24, 2.45) is 5.92 Å². The molecular weight excluding hydrogens is 260 g/mol. The number of hydrogen-bond donors (Lipinski definition) is 1. The number of rotatable bonds is 5. The van der Waals surface area contributed by atoms with Gasteiger partial charge >= 0.3 is 0 Å². The van der Waals surface area contributed by atoms with Crippen molar-refractivity contribution in [3.63, 3.8) is 0 Å². The molecule has 3 rings (SSSR count). The van der Waals surface area contributed by atoms with E-state index in [9.17, 15) is 4.79 Å². The van der Waals surface area contributed by atoms with E-state index in [4.69, 9.17) is 0 Å². The average Bonchev–Trinajstić information content (AvgIpc) is 3.31. The highest BCUT2D eigenvalue weighted by Crippen LogP contribution is 2.47. The molecule has 1 aliphatic carbocycles. The summed E-state index contributed by atoms with van der Waals surface area (Å²) in [6, 6.07) is 10.8. The number of amides is 1. The fraction of sp³-hybridized carbons (Fsp3) is 0.500. The minimum absolute atomic E-state index is 0.193. The predicted octanol–water partition coefficient (Wildman–Crippen LogP) is 2.56. The van der Waals surface area contributed by atoms with Crippen LogP contribution in [0.3, 0.4) is 0 Å². The first kappa shape index (κ1) is 14.3. The molecule has 0 bridgehead atoms. The molecule has 0 spiro atoms. The van der Waals surface area contributed by atoms with Gasteiger partial charge < -0.3 is 5.32 Å². The molecule has 2 atom stereocenters. The van der Waals surface area contributed by atoms with E-state index in [0.29, 0.717) is 12.0 Å². The molecule has 1 amide bonds. The van der Waals surface area contributed by atoms with Crippen molar-refractivity contribution in [2.75, 3.05) is 19.6 Å². The molecule has 2 aliphatic rings. The molecule has 1 heterocycles. The van der Waals surface area contributed by atoms with Gasteiger partial charge in [0.1, 0.15) is 0 Å². The van der Waals surface area contributed by atoms with E-state index in [1.165, 1.54) is 5.56 Å². The number of nitrogens with one attached hydrogen (secondary N) is 1. The van der Waals surface area contributed by atoms with Crippen molar-refractivity contribution in [2.45, 2.75) is 31.2 Å². The number of piperidine rings is 1. The number of carbonyl (C=O) groups excluding carboxylic acids is 1. The first-order chi connectivity index (χ1) is 10.3. The molecule has 3 heteroatoms. The first-order valence-corrected chi connectivity index (χ1v) is 7.96. The second-order valence-corrected chi connectivity index (χ2v) is 6.23. The number of carbonyl (C=O) groups is 1. The zero-order valence-corrected chi connectivity index (χ0v) is 12.5. The summed E-state index contributed by atoms with van der Waals surface area (Å²) in [5.41, 5.74) is 1.30. The minimum atomic E-state index is 0.193. The third-order valence-corrected chi connectivity index (χ3v) is 4.68. The SMILES string of the molecule is C=CCN1CCC(NC(=O)[C@H]2C[C@H]2c2ccccc2)CC1. The van der Waals surface area contributed by atoms with Gasteiger partial charge in [-0.1, -0.05) is 36.4 Å². The van der Waals surface area contributed by atoms with Gasteiger partial charge in [-0.3, -0.25) is 9.69 Å². The Hall–Kier alpha value is -1.61. The highest BCUT2D eigenvalue weighted by atomic mass is 16.2. The van der Waals surface area contributed by atoms with Gasteiger partial charge in [0.15, 0.2) is 0 Å². The second kappa shape index (κ2) is 6.44. The maximum Gasteiger partial charge on any atom is 0.223 e. The van der Waals surface area contributed by atoms with Crippen LogP contribution in [0.2, 0.25) is 0 Å². The zero-order chi connectivity index (χ0) is 14.7. The van der Waals surface area contributed by atoms with Gasteiger partial charge in [-0.15, -0.1) is 6.58 Å². The molecule has 1 saturated heterocycles. The molecule has 0 radical (unpaired) electrons. The van der Waals surface area contributed by atoms with Gasteiger partial charge in [-0.05, 0) is 30.7 Å². The van der Waals surface area contributed by atoms with Crippen LogP contribution in [0.5, 0.6) is 0 Å². The Morgan fingerprint density at radius 3 is 2.67 bits per heavy atom. The fourth-order valence-electron chi connectivity index (χ4n) is 3.30. The van der Waals surface area contributed by atoms with Crippen LogP contribution in [0, 0.1) is 5.92 Å². The average molecular weight is 284 g/mol. The van der Waals surface area contributed by atoms with Crippen LogP contribution < -0.4 is 5.32 Å². The topological polar surface area (TPSA) is 32.3 Å². The predicted molar refractivity (Wildman–Crippen MR) is 85.1 cm³/mol. The Kier molecular flexibility index (Phi) is 4.39. The summed E-state index contributed by atoms with van der Waals surface area (Å²) in [7, 11) is 0. The van der Waals surface area contributed by atoms with E-state index < -0.39 is 0 Å². The minimum Gasteiger partial charge on any atom is -0.353 e. The summed E-state index contributed by atoms with van der Waals surface area (Å²) in [6.07, 6.45) is 5.07. The summed E-state index contributed by atoms with van der Waals surface area (Å²) in [4.78, 5) is 14.7. The van der Waals surface area contributed by atoms with E-state index in [0.717, 1.165) is 38.9 Å². The highest BCUT2D eigenvalue weighted by Gasteiger charge is 2.44. The van der Waals surface area contributed by atoms with E-state index in [1.807, 2.05) is 12.1 Å². The second-order valence-electron chi connectivity index (χ2n) is 6.23. The Morgan fingerprint density at radius 1 is 1.29 bits per heavy atom. The molecule has 1 N–H and O–H groups in total. The summed E-state index contributed by atoms with van der Waals surface area (Å²) < 4.78 is 0. The molecule has 1 aliphatic heterocycles. The monoisotopic (exact) mass is 284 g/mol. The van der Waals surface area contributed by atoms with Gasteiger partial charge in [0.2, 0.25) is 5.91 Å². The molecule has 0 aromatic heterocycles. The molecule has 1 aromatic carbocycles.